The van der Waals surface area contributed by atoms with Crippen molar-refractivity contribution in [1.29, 1.82) is 0 Å². The number of morpholine rings is 1. The molecule has 0 aromatic heterocycles. The molecule has 0 radical (unpaired) electrons. The number of benzene rings is 1. The van der Waals surface area contributed by atoms with Gasteiger partial charge in [-0.25, -0.2) is 9.80 Å². The number of hydrogen-bond donors (Lipinski definition) is 2. The molecule has 4 amide bonds. The average molecular weight is 442 g/mol. The van der Waals surface area contributed by atoms with Crippen LogP contribution in [0.1, 0.15) is 36.1 Å². The van der Waals surface area contributed by atoms with Gasteiger partial charge in [-0.15, -0.1) is 0 Å². The van der Waals surface area contributed by atoms with Crippen LogP contribution >= 0.6 is 0 Å². The molecule has 3 aliphatic rings. The number of ether oxygens (including phenoxy) is 1. The first kappa shape index (κ1) is 22.3. The first-order chi connectivity index (χ1) is 15.4. The predicted octanol–water partition coefficient (Wildman–Crippen LogP) is 1.24. The van der Waals surface area contributed by atoms with E-state index in [0.29, 0.717) is 51.5 Å². The molecule has 0 bridgehead atoms. The number of carbonyl (C=O) groups is 3. The van der Waals surface area contributed by atoms with Crippen LogP contribution in [0.5, 0.6) is 0 Å². The Hall–Kier alpha value is -2.91. The second kappa shape index (κ2) is 9.30. The first-order valence-corrected chi connectivity index (χ1v) is 11.2. The molecule has 4 rings (SSSR count). The second-order valence-corrected chi connectivity index (χ2v) is 8.46. The van der Waals surface area contributed by atoms with E-state index in [1.807, 2.05) is 37.9 Å². The molecule has 1 fully saturated rings. The van der Waals surface area contributed by atoms with E-state index in [4.69, 9.17) is 4.74 Å². The standard InChI is InChI=1S/C23H31N5O4/c1-4-28-18-14-26(8-7-19(29)25-27-9-11-32-12-10-27)22(30)20(18)21(24-23(28)31)17-6-5-15(2)13-16(17)3/h5-6,13,21H,4,7-12,14H2,1-3H3,(H,24,31)(H,25,29). The number of carbonyl (C=O) groups excluding carboxylic acids is 3. The molecule has 1 aromatic carbocycles. The lowest BCUT2D eigenvalue weighted by molar-refractivity contribution is -0.130. The minimum Gasteiger partial charge on any atom is -0.379 e. The SMILES string of the molecule is CCN1C(=O)NC(c2ccc(C)cc2C)C2=C1CN(CCC(=O)NN1CCOCC1)C2=O. The van der Waals surface area contributed by atoms with Gasteiger partial charge in [-0.2, -0.15) is 0 Å². The Morgan fingerprint density at radius 3 is 2.66 bits per heavy atom. The summed E-state index contributed by atoms with van der Waals surface area (Å²) in [6.45, 7) is 9.51. The Labute approximate surface area is 188 Å². The van der Waals surface area contributed by atoms with Crippen LogP contribution < -0.4 is 10.7 Å². The average Bonchev–Trinajstić information content (AvgIpc) is 3.09. The van der Waals surface area contributed by atoms with Crippen molar-refractivity contribution in [2.45, 2.75) is 33.2 Å². The maximum Gasteiger partial charge on any atom is 0.322 e. The Kier molecular flexibility index (Phi) is 6.48. The van der Waals surface area contributed by atoms with E-state index in [9.17, 15) is 14.4 Å². The quantitative estimate of drug-likeness (QED) is 0.693. The van der Waals surface area contributed by atoms with Crippen LogP contribution in [0, 0.1) is 13.8 Å². The molecule has 9 heteroatoms. The zero-order valence-electron chi connectivity index (χ0n) is 18.9. The van der Waals surface area contributed by atoms with Crippen LogP contribution in [0.2, 0.25) is 0 Å². The lowest BCUT2D eigenvalue weighted by atomic mass is 9.91. The smallest absolute Gasteiger partial charge is 0.322 e. The van der Waals surface area contributed by atoms with Crippen molar-refractivity contribution in [2.24, 2.45) is 0 Å². The van der Waals surface area contributed by atoms with Crippen LogP contribution in [0.15, 0.2) is 29.5 Å². The number of aryl methyl sites for hydroxylation is 2. The van der Waals surface area contributed by atoms with Crippen LogP contribution in [0.4, 0.5) is 4.79 Å². The molecular weight excluding hydrogens is 410 g/mol. The molecule has 2 N–H and O–H groups in total. The van der Waals surface area contributed by atoms with E-state index >= 15 is 0 Å². The summed E-state index contributed by atoms with van der Waals surface area (Å²) in [5.74, 6) is -0.250. The predicted molar refractivity (Wildman–Crippen MR) is 118 cm³/mol. The molecule has 0 saturated carbocycles. The van der Waals surface area contributed by atoms with Crippen molar-refractivity contribution in [3.63, 3.8) is 0 Å². The fourth-order valence-electron chi connectivity index (χ4n) is 4.59. The maximum absolute atomic E-state index is 13.4. The molecule has 1 aromatic rings. The van der Waals surface area contributed by atoms with Crippen LogP contribution in [-0.2, 0) is 14.3 Å². The summed E-state index contributed by atoms with van der Waals surface area (Å²) >= 11 is 0. The summed E-state index contributed by atoms with van der Waals surface area (Å²) in [4.78, 5) is 41.9. The van der Waals surface area contributed by atoms with Gasteiger partial charge in [0.2, 0.25) is 5.91 Å². The Balaban J connectivity index is 1.50. The molecule has 1 unspecified atom stereocenters. The molecule has 32 heavy (non-hydrogen) atoms. The van der Waals surface area contributed by atoms with E-state index in [0.717, 1.165) is 22.4 Å². The van der Waals surface area contributed by atoms with Gasteiger partial charge in [0.1, 0.15) is 0 Å². The molecule has 9 nitrogen and oxygen atoms in total. The second-order valence-electron chi connectivity index (χ2n) is 8.46. The van der Waals surface area contributed by atoms with Gasteiger partial charge in [-0.1, -0.05) is 23.8 Å². The number of likely N-dealkylation sites (N-methyl/N-ethyl adjacent to an activating group) is 1. The van der Waals surface area contributed by atoms with Crippen molar-refractivity contribution < 1.29 is 19.1 Å². The van der Waals surface area contributed by atoms with Crippen molar-refractivity contribution in [3.8, 4) is 0 Å². The third kappa shape index (κ3) is 4.35. The first-order valence-electron chi connectivity index (χ1n) is 11.2. The van der Waals surface area contributed by atoms with Crippen molar-refractivity contribution in [3.05, 3.63) is 46.2 Å². The fraction of sp³-hybridized carbons (Fsp3) is 0.522. The van der Waals surface area contributed by atoms with Crippen LogP contribution in [-0.4, -0.2) is 78.6 Å². The monoisotopic (exact) mass is 441 g/mol. The summed E-state index contributed by atoms with van der Waals surface area (Å²) in [5.41, 5.74) is 7.30. The highest BCUT2D eigenvalue weighted by Gasteiger charge is 2.43. The normalized spacial score (nSPS) is 21.7. The highest BCUT2D eigenvalue weighted by atomic mass is 16.5. The maximum atomic E-state index is 13.4. The zero-order chi connectivity index (χ0) is 22.8. The van der Waals surface area contributed by atoms with Gasteiger partial charge in [0.25, 0.3) is 5.91 Å². The minimum atomic E-state index is -0.486. The number of rotatable bonds is 6. The van der Waals surface area contributed by atoms with E-state index in [1.165, 1.54) is 0 Å². The third-order valence-corrected chi connectivity index (χ3v) is 6.25. The fourth-order valence-corrected chi connectivity index (χ4v) is 4.59. The van der Waals surface area contributed by atoms with Crippen molar-refractivity contribution in [2.75, 3.05) is 45.9 Å². The molecule has 3 heterocycles. The Morgan fingerprint density at radius 1 is 1.22 bits per heavy atom. The Bertz CT molecular complexity index is 954. The van der Waals surface area contributed by atoms with Gasteiger partial charge < -0.3 is 15.0 Å². The van der Waals surface area contributed by atoms with E-state index < -0.39 is 6.04 Å². The number of hydrogen-bond acceptors (Lipinski definition) is 5. The Morgan fingerprint density at radius 2 is 1.97 bits per heavy atom. The van der Waals surface area contributed by atoms with Crippen molar-refractivity contribution >= 4 is 17.8 Å². The van der Waals surface area contributed by atoms with Gasteiger partial charge >= 0.3 is 6.03 Å². The third-order valence-electron chi connectivity index (χ3n) is 6.25. The lowest BCUT2D eigenvalue weighted by Crippen LogP contribution is -2.49. The van der Waals surface area contributed by atoms with Crippen LogP contribution in [0.3, 0.4) is 0 Å². The highest BCUT2D eigenvalue weighted by Crippen LogP contribution is 2.37. The number of amides is 4. The largest absolute Gasteiger partial charge is 0.379 e. The number of nitrogens with zero attached hydrogens (tertiary/aromatic N) is 3. The molecule has 0 aliphatic carbocycles. The minimum absolute atomic E-state index is 0.123. The summed E-state index contributed by atoms with van der Waals surface area (Å²) in [7, 11) is 0. The molecular formula is C23H31N5O4. The van der Waals surface area contributed by atoms with Gasteiger partial charge in [-0.05, 0) is 31.9 Å². The topological polar surface area (TPSA) is 94.2 Å². The van der Waals surface area contributed by atoms with E-state index in [2.05, 4.69) is 16.8 Å². The summed E-state index contributed by atoms with van der Waals surface area (Å²) < 4.78 is 5.29. The lowest BCUT2D eigenvalue weighted by Gasteiger charge is -2.33. The van der Waals surface area contributed by atoms with E-state index in [-0.39, 0.29) is 24.3 Å². The summed E-state index contributed by atoms with van der Waals surface area (Å²) in [5, 5.41) is 4.86. The molecule has 3 aliphatic heterocycles. The summed E-state index contributed by atoms with van der Waals surface area (Å²) in [6.07, 6.45) is 0.200. The molecule has 0 spiro atoms. The van der Waals surface area contributed by atoms with E-state index in [1.54, 1.807) is 9.80 Å². The number of urea groups is 1. The van der Waals surface area contributed by atoms with Crippen LogP contribution in [0.25, 0.3) is 0 Å². The number of nitrogens with one attached hydrogen (secondary N) is 2. The molecule has 1 saturated heterocycles. The van der Waals surface area contributed by atoms with Gasteiger partial charge in [0.15, 0.2) is 0 Å². The number of hydrazine groups is 1. The molecule has 1 atom stereocenters. The van der Waals surface area contributed by atoms with Gasteiger partial charge in [-0.3, -0.25) is 19.9 Å². The van der Waals surface area contributed by atoms with Crippen molar-refractivity contribution in [1.82, 2.24) is 25.6 Å². The highest BCUT2D eigenvalue weighted by molar-refractivity contribution is 6.01. The van der Waals surface area contributed by atoms with Gasteiger partial charge in [0.05, 0.1) is 37.1 Å². The zero-order valence-corrected chi connectivity index (χ0v) is 18.9. The summed E-state index contributed by atoms with van der Waals surface area (Å²) in [6, 6.07) is 5.35. The van der Waals surface area contributed by atoms with Gasteiger partial charge in [0, 0.05) is 32.6 Å². The molecule has 172 valence electrons.